The summed E-state index contributed by atoms with van der Waals surface area (Å²) in [6, 6.07) is 13.0. The van der Waals surface area contributed by atoms with E-state index in [4.69, 9.17) is 0 Å². The lowest BCUT2D eigenvalue weighted by atomic mass is 10.0. The summed E-state index contributed by atoms with van der Waals surface area (Å²) in [4.78, 5) is 14.9. The van der Waals surface area contributed by atoms with Crippen LogP contribution in [0.15, 0.2) is 42.6 Å². The zero-order valence-corrected chi connectivity index (χ0v) is 17.1. The van der Waals surface area contributed by atoms with Gasteiger partial charge in [0.25, 0.3) is 0 Å². The van der Waals surface area contributed by atoms with Crippen molar-refractivity contribution in [1.29, 1.82) is 0 Å². The number of nitrogens with one attached hydrogen (secondary N) is 1. The fraction of sp³-hybridized carbons (Fsp3) is 0.524. The smallest absolute Gasteiger partial charge is 0.225 e. The number of amides is 1. The van der Waals surface area contributed by atoms with Crippen molar-refractivity contribution in [1.82, 2.24) is 14.7 Å². The van der Waals surface area contributed by atoms with Crippen molar-refractivity contribution in [2.75, 3.05) is 30.4 Å². The molecule has 0 spiro atoms. The van der Waals surface area contributed by atoms with Crippen molar-refractivity contribution in [2.24, 2.45) is 0 Å². The second-order valence-corrected chi connectivity index (χ2v) is 8.18. The van der Waals surface area contributed by atoms with Gasteiger partial charge in [0.1, 0.15) is 5.82 Å². The molecule has 1 fully saturated rings. The highest BCUT2D eigenvalue weighted by Crippen LogP contribution is 2.26. The van der Waals surface area contributed by atoms with Gasteiger partial charge >= 0.3 is 0 Å². The van der Waals surface area contributed by atoms with Gasteiger partial charge in [-0.2, -0.15) is 16.9 Å². The average molecular weight is 387 g/mol. The highest BCUT2D eigenvalue weighted by Gasteiger charge is 2.25. The molecule has 0 bridgehead atoms. The fourth-order valence-electron chi connectivity index (χ4n) is 3.73. The molecule has 146 valence electrons. The minimum absolute atomic E-state index is 0.0478. The summed E-state index contributed by atoms with van der Waals surface area (Å²) in [5.41, 5.74) is 1.19. The third-order valence-corrected chi connectivity index (χ3v) is 6.11. The molecular formula is C21H30N4OS. The van der Waals surface area contributed by atoms with Crippen molar-refractivity contribution >= 4 is 23.5 Å². The van der Waals surface area contributed by atoms with Crippen molar-refractivity contribution < 1.29 is 4.79 Å². The number of likely N-dealkylation sites (tertiary alicyclic amines) is 1. The Kier molecular flexibility index (Phi) is 7.35. The Morgan fingerprint density at radius 3 is 2.70 bits per heavy atom. The fourth-order valence-corrected chi connectivity index (χ4v) is 4.42. The monoisotopic (exact) mass is 386 g/mol. The van der Waals surface area contributed by atoms with E-state index in [9.17, 15) is 4.79 Å². The number of nitrogens with zero attached hydrogens (tertiary/aromatic N) is 3. The van der Waals surface area contributed by atoms with E-state index in [1.807, 2.05) is 40.7 Å². The highest BCUT2D eigenvalue weighted by atomic mass is 32.2. The standard InChI is InChI=1S/C21H30N4OS/c1-17(16-27-2)24-14-11-19(12-15-24)25-20(10-13-22-25)23-21(26)9-8-18-6-4-3-5-7-18/h3-7,10,13,17,19H,8-9,11-12,14-16H2,1-2H3,(H,23,26)/t17-/m1/s1. The molecule has 1 saturated heterocycles. The first kappa shape index (κ1) is 20.0. The molecule has 1 amide bonds. The zero-order valence-electron chi connectivity index (χ0n) is 16.3. The first-order valence-corrected chi connectivity index (χ1v) is 11.2. The lowest BCUT2D eigenvalue weighted by molar-refractivity contribution is -0.116. The lowest BCUT2D eigenvalue weighted by Gasteiger charge is -2.36. The van der Waals surface area contributed by atoms with Gasteiger partial charge in [-0.1, -0.05) is 30.3 Å². The molecule has 1 N–H and O–H groups in total. The van der Waals surface area contributed by atoms with E-state index in [0.29, 0.717) is 18.5 Å². The Bertz CT molecular complexity index is 710. The van der Waals surface area contributed by atoms with Gasteiger partial charge in [-0.15, -0.1) is 0 Å². The lowest BCUT2D eigenvalue weighted by Crippen LogP contribution is -2.41. The Labute approximate surface area is 166 Å². The van der Waals surface area contributed by atoms with Crippen LogP contribution in [0.2, 0.25) is 0 Å². The SMILES string of the molecule is CSC[C@@H](C)N1CCC(n2nccc2NC(=O)CCc2ccccc2)CC1. The summed E-state index contributed by atoms with van der Waals surface area (Å²) in [6.07, 6.45) is 7.35. The first-order chi connectivity index (χ1) is 13.2. The topological polar surface area (TPSA) is 50.2 Å². The van der Waals surface area contributed by atoms with Gasteiger partial charge in [0.05, 0.1) is 12.2 Å². The number of carbonyl (C=O) groups is 1. The zero-order chi connectivity index (χ0) is 19.1. The second kappa shape index (κ2) is 9.95. The maximum Gasteiger partial charge on any atom is 0.225 e. The molecule has 1 aliphatic heterocycles. The summed E-state index contributed by atoms with van der Waals surface area (Å²) < 4.78 is 2.01. The van der Waals surface area contributed by atoms with E-state index in [1.54, 1.807) is 6.20 Å². The van der Waals surface area contributed by atoms with E-state index in [-0.39, 0.29) is 5.91 Å². The van der Waals surface area contributed by atoms with Gasteiger partial charge < -0.3 is 5.32 Å². The maximum atomic E-state index is 12.4. The van der Waals surface area contributed by atoms with Gasteiger partial charge in [0.2, 0.25) is 5.91 Å². The van der Waals surface area contributed by atoms with Crippen LogP contribution in [0, 0.1) is 0 Å². The maximum absolute atomic E-state index is 12.4. The quantitative estimate of drug-likeness (QED) is 0.749. The van der Waals surface area contributed by atoms with E-state index in [0.717, 1.165) is 38.2 Å². The third-order valence-electron chi connectivity index (χ3n) is 5.30. The van der Waals surface area contributed by atoms with Crippen LogP contribution in [0.3, 0.4) is 0 Å². The number of benzene rings is 1. The van der Waals surface area contributed by atoms with Crippen LogP contribution in [0.5, 0.6) is 0 Å². The molecule has 0 saturated carbocycles. The number of hydrogen-bond acceptors (Lipinski definition) is 4. The van der Waals surface area contributed by atoms with Crippen LogP contribution in [-0.4, -0.2) is 51.7 Å². The largest absolute Gasteiger partial charge is 0.311 e. The number of piperidine rings is 1. The molecule has 2 heterocycles. The van der Waals surface area contributed by atoms with Crippen LogP contribution >= 0.6 is 11.8 Å². The van der Waals surface area contributed by atoms with Crippen LogP contribution in [0.25, 0.3) is 0 Å². The molecule has 1 atom stereocenters. The second-order valence-electron chi connectivity index (χ2n) is 7.27. The Balaban J connectivity index is 1.51. The van der Waals surface area contributed by atoms with Crippen molar-refractivity contribution in [3.8, 4) is 0 Å². The van der Waals surface area contributed by atoms with Crippen molar-refractivity contribution in [3.63, 3.8) is 0 Å². The Morgan fingerprint density at radius 1 is 1.26 bits per heavy atom. The predicted molar refractivity (Wildman–Crippen MR) is 113 cm³/mol. The van der Waals surface area contributed by atoms with Crippen LogP contribution < -0.4 is 5.32 Å². The van der Waals surface area contributed by atoms with Crippen molar-refractivity contribution in [3.05, 3.63) is 48.2 Å². The minimum atomic E-state index is 0.0478. The predicted octanol–water partition coefficient (Wildman–Crippen LogP) is 3.84. The van der Waals surface area contributed by atoms with E-state index < -0.39 is 0 Å². The molecule has 1 aliphatic rings. The number of aryl methyl sites for hydroxylation is 1. The molecule has 27 heavy (non-hydrogen) atoms. The van der Waals surface area contributed by atoms with E-state index in [1.165, 1.54) is 11.3 Å². The van der Waals surface area contributed by atoms with Gasteiger partial charge in [0, 0.05) is 37.4 Å². The molecule has 3 rings (SSSR count). The summed E-state index contributed by atoms with van der Waals surface area (Å²) in [6.45, 7) is 4.49. The molecular weight excluding hydrogens is 356 g/mol. The number of aromatic nitrogens is 2. The molecule has 1 aromatic heterocycles. The minimum Gasteiger partial charge on any atom is -0.311 e. The number of anilines is 1. The molecule has 0 unspecified atom stereocenters. The molecule has 0 radical (unpaired) electrons. The van der Waals surface area contributed by atoms with Crippen molar-refractivity contribution in [2.45, 2.75) is 44.7 Å². The summed E-state index contributed by atoms with van der Waals surface area (Å²) in [5, 5.41) is 7.55. The molecule has 1 aromatic carbocycles. The van der Waals surface area contributed by atoms with E-state index in [2.05, 4.69) is 40.6 Å². The number of hydrogen-bond donors (Lipinski definition) is 1. The van der Waals surface area contributed by atoms with Crippen LogP contribution in [0.1, 0.15) is 37.8 Å². The first-order valence-electron chi connectivity index (χ1n) is 9.77. The van der Waals surface area contributed by atoms with Gasteiger partial charge in [-0.25, -0.2) is 4.68 Å². The van der Waals surface area contributed by atoms with Crippen LogP contribution in [0.4, 0.5) is 5.82 Å². The number of thioether (sulfide) groups is 1. The van der Waals surface area contributed by atoms with Gasteiger partial charge in [-0.3, -0.25) is 9.69 Å². The number of rotatable bonds is 8. The van der Waals surface area contributed by atoms with E-state index >= 15 is 0 Å². The van der Waals surface area contributed by atoms with Crippen LogP contribution in [-0.2, 0) is 11.2 Å². The Morgan fingerprint density at radius 2 is 2.00 bits per heavy atom. The highest BCUT2D eigenvalue weighted by molar-refractivity contribution is 7.98. The summed E-state index contributed by atoms with van der Waals surface area (Å²) in [5.74, 6) is 2.05. The normalized spacial score (nSPS) is 17.0. The number of carbonyl (C=O) groups excluding carboxylic acids is 1. The third kappa shape index (κ3) is 5.59. The molecule has 0 aliphatic carbocycles. The summed E-state index contributed by atoms with van der Waals surface area (Å²) in [7, 11) is 0. The molecule has 5 nitrogen and oxygen atoms in total. The van der Waals surface area contributed by atoms with Gasteiger partial charge in [0.15, 0.2) is 0 Å². The molecule has 6 heteroatoms. The van der Waals surface area contributed by atoms with Gasteiger partial charge in [-0.05, 0) is 38.0 Å². The summed E-state index contributed by atoms with van der Waals surface area (Å²) >= 11 is 1.91. The average Bonchev–Trinajstić information content (AvgIpc) is 3.15. The molecule has 2 aromatic rings. The Hall–Kier alpha value is -1.79.